The van der Waals surface area contributed by atoms with Crippen molar-refractivity contribution < 1.29 is 4.79 Å². The van der Waals surface area contributed by atoms with Crippen LogP contribution in [0.2, 0.25) is 0 Å². The number of rotatable bonds is 4. The van der Waals surface area contributed by atoms with Crippen molar-refractivity contribution in [3.05, 3.63) is 63.0 Å². The van der Waals surface area contributed by atoms with E-state index in [-0.39, 0.29) is 17.7 Å². The molecule has 1 aromatic carbocycles. The lowest BCUT2D eigenvalue weighted by atomic mass is 9.86. The summed E-state index contributed by atoms with van der Waals surface area (Å²) in [5.74, 6) is 1.49. The van der Waals surface area contributed by atoms with Gasteiger partial charge in [-0.25, -0.2) is 0 Å². The molecule has 0 saturated carbocycles. The molecule has 0 bridgehead atoms. The van der Waals surface area contributed by atoms with E-state index in [2.05, 4.69) is 79.0 Å². The average molecular weight is 450 g/mol. The Balaban J connectivity index is 1.93. The molecule has 3 aromatic rings. The summed E-state index contributed by atoms with van der Waals surface area (Å²) in [4.78, 5) is 19.0. The van der Waals surface area contributed by atoms with Crippen LogP contribution in [0.25, 0.3) is 5.00 Å². The summed E-state index contributed by atoms with van der Waals surface area (Å²) in [6.07, 6.45) is 0.239. The first-order valence-electron chi connectivity index (χ1n) is 11.1. The van der Waals surface area contributed by atoms with E-state index < -0.39 is 6.04 Å². The smallest absolute Gasteiger partial charge is 0.222 e. The van der Waals surface area contributed by atoms with Crippen molar-refractivity contribution in [2.24, 2.45) is 4.99 Å². The Hall–Kier alpha value is -2.80. The number of hydrogen-bond donors (Lipinski definition) is 1. The predicted octanol–water partition coefficient (Wildman–Crippen LogP) is 4.97. The zero-order valence-electron chi connectivity index (χ0n) is 19.9. The van der Waals surface area contributed by atoms with Crippen molar-refractivity contribution >= 4 is 23.0 Å². The fourth-order valence-electron chi connectivity index (χ4n) is 4.10. The molecule has 1 aliphatic rings. The SMILES string of the molecule is CCNC(=O)C[C@@H]1N=C(c2ccc(C(C)(C)C)cc2)c2c(sc(C)c2C)-n2c(C)nnc21. The Labute approximate surface area is 193 Å². The molecular formula is C25H31N5OS. The van der Waals surface area contributed by atoms with Crippen molar-refractivity contribution in [1.29, 1.82) is 0 Å². The molecule has 1 atom stereocenters. The number of amides is 1. The second-order valence-corrected chi connectivity index (χ2v) is 10.6. The van der Waals surface area contributed by atoms with Gasteiger partial charge in [-0.2, -0.15) is 0 Å². The van der Waals surface area contributed by atoms with Crippen LogP contribution in [0.5, 0.6) is 0 Å². The molecule has 7 heteroatoms. The Morgan fingerprint density at radius 2 is 1.81 bits per heavy atom. The number of hydrogen-bond acceptors (Lipinski definition) is 5. The Morgan fingerprint density at radius 3 is 2.44 bits per heavy atom. The van der Waals surface area contributed by atoms with E-state index in [4.69, 9.17) is 4.99 Å². The summed E-state index contributed by atoms with van der Waals surface area (Å²) < 4.78 is 2.09. The van der Waals surface area contributed by atoms with Crippen molar-refractivity contribution in [1.82, 2.24) is 20.1 Å². The number of carbonyl (C=O) groups is 1. The summed E-state index contributed by atoms with van der Waals surface area (Å²) in [5, 5.41) is 12.8. The molecule has 1 N–H and O–H groups in total. The minimum absolute atomic E-state index is 0.0333. The van der Waals surface area contributed by atoms with Gasteiger partial charge in [-0.05, 0) is 44.2 Å². The fourth-order valence-corrected chi connectivity index (χ4v) is 5.31. The van der Waals surface area contributed by atoms with E-state index in [1.165, 1.54) is 16.0 Å². The lowest BCUT2D eigenvalue weighted by Crippen LogP contribution is -2.25. The lowest BCUT2D eigenvalue weighted by Gasteiger charge is -2.19. The Morgan fingerprint density at radius 1 is 1.12 bits per heavy atom. The number of aryl methyl sites for hydroxylation is 2. The zero-order valence-corrected chi connectivity index (χ0v) is 20.7. The zero-order chi connectivity index (χ0) is 23.2. The molecule has 0 saturated heterocycles. The van der Waals surface area contributed by atoms with Gasteiger partial charge in [0.25, 0.3) is 0 Å². The van der Waals surface area contributed by atoms with Crippen LogP contribution >= 0.6 is 11.3 Å². The van der Waals surface area contributed by atoms with Gasteiger partial charge in [-0.3, -0.25) is 14.4 Å². The van der Waals surface area contributed by atoms with Crippen LogP contribution in [0, 0.1) is 20.8 Å². The number of nitrogens with one attached hydrogen (secondary N) is 1. The molecule has 3 heterocycles. The number of aliphatic imine (C=N–C) groups is 1. The predicted molar refractivity (Wildman–Crippen MR) is 130 cm³/mol. The Bertz CT molecular complexity index is 1190. The molecular weight excluding hydrogens is 418 g/mol. The van der Waals surface area contributed by atoms with Crippen molar-refractivity contribution in [3.63, 3.8) is 0 Å². The maximum Gasteiger partial charge on any atom is 0.222 e. The molecule has 0 fully saturated rings. The van der Waals surface area contributed by atoms with Gasteiger partial charge in [0.15, 0.2) is 5.82 Å². The maximum atomic E-state index is 12.5. The molecule has 4 rings (SSSR count). The quantitative estimate of drug-likeness (QED) is 0.611. The normalized spacial score (nSPS) is 15.6. The second-order valence-electron chi connectivity index (χ2n) is 9.38. The first kappa shape index (κ1) is 22.4. The molecule has 1 amide bonds. The number of carbonyl (C=O) groups excluding carboxylic acids is 1. The molecule has 168 valence electrons. The maximum absolute atomic E-state index is 12.5. The van der Waals surface area contributed by atoms with Crippen molar-refractivity contribution in [3.8, 4) is 5.00 Å². The molecule has 1 aliphatic heterocycles. The van der Waals surface area contributed by atoms with Crippen molar-refractivity contribution in [2.75, 3.05) is 6.54 Å². The number of aromatic nitrogens is 3. The monoisotopic (exact) mass is 449 g/mol. The third kappa shape index (κ3) is 3.90. The lowest BCUT2D eigenvalue weighted by molar-refractivity contribution is -0.121. The van der Waals surface area contributed by atoms with Crippen LogP contribution in [0.15, 0.2) is 29.3 Å². The highest BCUT2D eigenvalue weighted by molar-refractivity contribution is 7.15. The largest absolute Gasteiger partial charge is 0.356 e. The van der Waals surface area contributed by atoms with Gasteiger partial charge < -0.3 is 5.32 Å². The number of nitrogens with zero attached hydrogens (tertiary/aromatic N) is 4. The minimum atomic E-state index is -0.403. The number of benzene rings is 1. The molecule has 6 nitrogen and oxygen atoms in total. The third-order valence-electron chi connectivity index (χ3n) is 6.02. The van der Waals surface area contributed by atoms with Gasteiger partial charge in [-0.15, -0.1) is 21.5 Å². The van der Waals surface area contributed by atoms with E-state index in [1.807, 2.05) is 13.8 Å². The van der Waals surface area contributed by atoms with Crippen LogP contribution in [0.3, 0.4) is 0 Å². The van der Waals surface area contributed by atoms with Gasteiger partial charge in [0, 0.05) is 22.5 Å². The third-order valence-corrected chi connectivity index (χ3v) is 7.21. The summed E-state index contributed by atoms with van der Waals surface area (Å²) in [5.41, 5.74) is 5.65. The van der Waals surface area contributed by atoms with Gasteiger partial charge >= 0.3 is 0 Å². The van der Waals surface area contributed by atoms with E-state index in [1.54, 1.807) is 11.3 Å². The molecule has 0 aliphatic carbocycles. The molecule has 2 aromatic heterocycles. The number of fused-ring (bicyclic) bond motifs is 3. The first-order chi connectivity index (χ1) is 15.1. The summed E-state index contributed by atoms with van der Waals surface area (Å²) in [6.45, 7) is 15.4. The van der Waals surface area contributed by atoms with Crippen LogP contribution in [0.1, 0.15) is 78.9 Å². The van der Waals surface area contributed by atoms with Gasteiger partial charge in [0.1, 0.15) is 16.9 Å². The van der Waals surface area contributed by atoms with Crippen LogP contribution in [-0.4, -0.2) is 32.9 Å². The first-order valence-corrected chi connectivity index (χ1v) is 11.9. The summed E-state index contributed by atoms with van der Waals surface area (Å²) in [6, 6.07) is 8.26. The number of thiophene rings is 1. The highest BCUT2D eigenvalue weighted by Gasteiger charge is 2.32. The molecule has 0 radical (unpaired) electrons. The topological polar surface area (TPSA) is 72.2 Å². The molecule has 0 spiro atoms. The Kier molecular flexibility index (Phi) is 5.79. The van der Waals surface area contributed by atoms with Crippen LogP contribution in [0.4, 0.5) is 0 Å². The molecule has 0 unspecified atom stereocenters. The highest BCUT2D eigenvalue weighted by Crippen LogP contribution is 2.39. The van der Waals surface area contributed by atoms with E-state index in [0.29, 0.717) is 6.54 Å². The van der Waals surface area contributed by atoms with Gasteiger partial charge in [0.05, 0.1) is 12.1 Å². The van der Waals surface area contributed by atoms with E-state index in [0.717, 1.165) is 33.5 Å². The van der Waals surface area contributed by atoms with Crippen LogP contribution in [-0.2, 0) is 10.2 Å². The van der Waals surface area contributed by atoms with E-state index >= 15 is 0 Å². The highest BCUT2D eigenvalue weighted by atomic mass is 32.1. The molecule has 32 heavy (non-hydrogen) atoms. The average Bonchev–Trinajstić information content (AvgIpc) is 3.20. The van der Waals surface area contributed by atoms with Gasteiger partial charge in [0.2, 0.25) is 5.91 Å². The summed E-state index contributed by atoms with van der Waals surface area (Å²) >= 11 is 1.73. The van der Waals surface area contributed by atoms with Crippen LogP contribution < -0.4 is 5.32 Å². The fraction of sp³-hybridized carbons (Fsp3) is 0.440. The standard InChI is InChI=1S/C25H31N5OS/c1-8-26-20(31)13-19-23-29-28-16(4)30(23)24-21(14(2)15(3)32-24)22(27-19)17-9-11-18(12-10-17)25(5,6)7/h9-12,19H,8,13H2,1-7H3,(H,26,31)/t19-/m0/s1. The van der Waals surface area contributed by atoms with Crippen molar-refractivity contribution in [2.45, 2.75) is 66.3 Å². The summed E-state index contributed by atoms with van der Waals surface area (Å²) in [7, 11) is 0. The minimum Gasteiger partial charge on any atom is -0.356 e. The van der Waals surface area contributed by atoms with Gasteiger partial charge in [-0.1, -0.05) is 45.0 Å². The van der Waals surface area contributed by atoms with E-state index in [9.17, 15) is 4.79 Å². The second kappa shape index (κ2) is 8.28.